The number of nitrogens with one attached hydrogen (secondary N) is 2. The SMILES string of the molecule is Cl.Cl.NC(Cc1ccccc1)C(=O)Nc1ccc(C(=O)NCCN2CCCC2)cc1. The minimum Gasteiger partial charge on any atom is -0.351 e. The Morgan fingerprint density at radius 1 is 0.967 bits per heavy atom. The van der Waals surface area contributed by atoms with E-state index in [4.69, 9.17) is 5.73 Å². The number of carbonyl (C=O) groups is 2. The molecule has 2 aromatic carbocycles. The van der Waals surface area contributed by atoms with Gasteiger partial charge in [0.25, 0.3) is 5.91 Å². The minimum atomic E-state index is -0.629. The number of rotatable bonds is 8. The normalized spacial score (nSPS) is 14.2. The lowest BCUT2D eigenvalue weighted by Gasteiger charge is -2.15. The van der Waals surface area contributed by atoms with Crippen molar-refractivity contribution in [2.75, 3.05) is 31.5 Å². The summed E-state index contributed by atoms with van der Waals surface area (Å²) in [7, 11) is 0. The van der Waals surface area contributed by atoms with Crippen LogP contribution in [0.1, 0.15) is 28.8 Å². The molecule has 4 N–H and O–H groups in total. The van der Waals surface area contributed by atoms with Gasteiger partial charge in [-0.1, -0.05) is 30.3 Å². The smallest absolute Gasteiger partial charge is 0.251 e. The number of hydrogen-bond donors (Lipinski definition) is 3. The van der Waals surface area contributed by atoms with Gasteiger partial charge in [-0.05, 0) is 62.2 Å². The standard InChI is InChI=1S/C22H28N4O2.2ClH/c23-20(16-17-6-2-1-3-7-17)22(28)25-19-10-8-18(9-11-19)21(27)24-12-15-26-13-4-5-14-26;;/h1-3,6-11,20H,4-5,12-16,23H2,(H,24,27)(H,25,28);2*1H. The van der Waals surface area contributed by atoms with Gasteiger partial charge in [-0.25, -0.2) is 0 Å². The van der Waals surface area contributed by atoms with Crippen LogP contribution in [0.5, 0.6) is 0 Å². The molecule has 1 saturated heterocycles. The fourth-order valence-corrected chi connectivity index (χ4v) is 3.34. The molecule has 2 amide bonds. The van der Waals surface area contributed by atoms with Gasteiger partial charge in [0, 0.05) is 24.3 Å². The summed E-state index contributed by atoms with van der Waals surface area (Å²) in [5, 5.41) is 5.75. The van der Waals surface area contributed by atoms with Crippen molar-refractivity contribution in [1.29, 1.82) is 0 Å². The Bertz CT molecular complexity index is 781. The van der Waals surface area contributed by atoms with Crippen LogP contribution in [0.4, 0.5) is 5.69 Å². The zero-order valence-electron chi connectivity index (χ0n) is 16.9. The molecule has 0 radical (unpaired) electrons. The molecule has 164 valence electrons. The summed E-state index contributed by atoms with van der Waals surface area (Å²) in [6.07, 6.45) is 2.97. The van der Waals surface area contributed by atoms with Crippen LogP contribution in [-0.4, -0.2) is 48.9 Å². The van der Waals surface area contributed by atoms with Crippen LogP contribution < -0.4 is 16.4 Å². The maximum atomic E-state index is 12.3. The van der Waals surface area contributed by atoms with Crippen LogP contribution in [-0.2, 0) is 11.2 Å². The second-order valence-corrected chi connectivity index (χ2v) is 7.17. The highest BCUT2D eigenvalue weighted by Crippen LogP contribution is 2.11. The van der Waals surface area contributed by atoms with Crippen molar-refractivity contribution >= 4 is 42.3 Å². The predicted molar refractivity (Wildman–Crippen MR) is 126 cm³/mol. The van der Waals surface area contributed by atoms with E-state index < -0.39 is 6.04 Å². The zero-order valence-corrected chi connectivity index (χ0v) is 18.5. The Morgan fingerprint density at radius 2 is 1.60 bits per heavy atom. The fourth-order valence-electron chi connectivity index (χ4n) is 3.34. The first kappa shape index (κ1) is 25.9. The zero-order chi connectivity index (χ0) is 19.8. The van der Waals surface area contributed by atoms with Crippen LogP contribution in [0.2, 0.25) is 0 Å². The van der Waals surface area contributed by atoms with E-state index in [-0.39, 0.29) is 36.6 Å². The second kappa shape index (κ2) is 13.2. The number of halogens is 2. The highest BCUT2D eigenvalue weighted by atomic mass is 35.5. The largest absolute Gasteiger partial charge is 0.351 e. The van der Waals surface area contributed by atoms with Crippen molar-refractivity contribution in [3.05, 3.63) is 65.7 Å². The van der Waals surface area contributed by atoms with E-state index in [1.165, 1.54) is 12.8 Å². The van der Waals surface area contributed by atoms with Gasteiger partial charge >= 0.3 is 0 Å². The highest BCUT2D eigenvalue weighted by molar-refractivity contribution is 5.97. The molecule has 0 aromatic heterocycles. The van der Waals surface area contributed by atoms with Crippen LogP contribution in [0.3, 0.4) is 0 Å². The van der Waals surface area contributed by atoms with Crippen LogP contribution in [0.25, 0.3) is 0 Å². The molecule has 3 rings (SSSR count). The number of benzene rings is 2. The summed E-state index contributed by atoms with van der Waals surface area (Å²) < 4.78 is 0. The summed E-state index contributed by atoms with van der Waals surface area (Å²) in [6, 6.07) is 15.9. The lowest BCUT2D eigenvalue weighted by molar-refractivity contribution is -0.117. The maximum absolute atomic E-state index is 12.3. The molecule has 1 fully saturated rings. The number of likely N-dealkylation sites (tertiary alicyclic amines) is 1. The quantitative estimate of drug-likeness (QED) is 0.574. The molecule has 1 unspecified atom stereocenters. The molecular formula is C22H30Cl2N4O2. The number of carbonyl (C=O) groups excluding carboxylic acids is 2. The molecule has 1 atom stereocenters. The minimum absolute atomic E-state index is 0. The summed E-state index contributed by atoms with van der Waals surface area (Å²) in [5.74, 6) is -0.343. The molecule has 8 heteroatoms. The van der Waals surface area contributed by atoms with Gasteiger partial charge in [-0.2, -0.15) is 0 Å². The van der Waals surface area contributed by atoms with Gasteiger partial charge in [0.2, 0.25) is 5.91 Å². The van der Waals surface area contributed by atoms with Crippen molar-refractivity contribution in [2.24, 2.45) is 5.73 Å². The molecule has 1 aliphatic rings. The Morgan fingerprint density at radius 3 is 2.23 bits per heavy atom. The predicted octanol–water partition coefficient (Wildman–Crippen LogP) is 2.86. The van der Waals surface area contributed by atoms with Crippen LogP contribution in [0, 0.1) is 0 Å². The van der Waals surface area contributed by atoms with Crippen molar-refractivity contribution in [2.45, 2.75) is 25.3 Å². The Kier molecular flexibility index (Phi) is 11.4. The molecule has 0 saturated carbocycles. The third-order valence-corrected chi connectivity index (χ3v) is 4.96. The summed E-state index contributed by atoms with van der Waals surface area (Å²) >= 11 is 0. The third kappa shape index (κ3) is 7.95. The lowest BCUT2D eigenvalue weighted by atomic mass is 10.1. The van der Waals surface area contributed by atoms with Gasteiger partial charge in [0.1, 0.15) is 0 Å². The average molecular weight is 453 g/mol. The molecule has 0 spiro atoms. The molecule has 2 aromatic rings. The fraction of sp³-hybridized carbons (Fsp3) is 0.364. The Hall–Kier alpha value is -2.12. The lowest BCUT2D eigenvalue weighted by Crippen LogP contribution is -2.37. The van der Waals surface area contributed by atoms with Gasteiger partial charge in [0.15, 0.2) is 0 Å². The topological polar surface area (TPSA) is 87.5 Å². The summed E-state index contributed by atoms with van der Waals surface area (Å²) in [4.78, 5) is 26.9. The molecular weight excluding hydrogens is 423 g/mol. The van der Waals surface area contributed by atoms with E-state index in [0.29, 0.717) is 24.2 Å². The van der Waals surface area contributed by atoms with Gasteiger partial charge in [-0.3, -0.25) is 9.59 Å². The Balaban J connectivity index is 0.00000225. The maximum Gasteiger partial charge on any atom is 0.251 e. The molecule has 1 aliphatic heterocycles. The van der Waals surface area contributed by atoms with Gasteiger partial charge < -0.3 is 21.3 Å². The molecule has 30 heavy (non-hydrogen) atoms. The summed E-state index contributed by atoms with van der Waals surface area (Å²) in [5.41, 5.74) is 8.23. The first-order valence-electron chi connectivity index (χ1n) is 9.83. The number of anilines is 1. The molecule has 1 heterocycles. The van der Waals surface area contributed by atoms with Crippen molar-refractivity contribution in [3.8, 4) is 0 Å². The van der Waals surface area contributed by atoms with E-state index >= 15 is 0 Å². The van der Waals surface area contributed by atoms with Crippen LogP contribution in [0.15, 0.2) is 54.6 Å². The first-order valence-corrected chi connectivity index (χ1v) is 9.83. The molecule has 6 nitrogen and oxygen atoms in total. The summed E-state index contributed by atoms with van der Waals surface area (Å²) in [6.45, 7) is 3.78. The average Bonchev–Trinajstić information content (AvgIpc) is 3.22. The van der Waals surface area contributed by atoms with E-state index in [9.17, 15) is 9.59 Å². The Labute approximate surface area is 190 Å². The number of nitrogens with zero attached hydrogens (tertiary/aromatic N) is 1. The number of nitrogens with two attached hydrogens (primary N) is 1. The van der Waals surface area contributed by atoms with Gasteiger partial charge in [-0.15, -0.1) is 24.8 Å². The highest BCUT2D eigenvalue weighted by Gasteiger charge is 2.15. The third-order valence-electron chi connectivity index (χ3n) is 4.96. The molecule has 0 bridgehead atoms. The van der Waals surface area contributed by atoms with E-state index in [1.807, 2.05) is 30.3 Å². The van der Waals surface area contributed by atoms with E-state index in [0.717, 1.165) is 25.2 Å². The monoisotopic (exact) mass is 452 g/mol. The van der Waals surface area contributed by atoms with Crippen LogP contribution >= 0.6 is 24.8 Å². The second-order valence-electron chi connectivity index (χ2n) is 7.17. The van der Waals surface area contributed by atoms with E-state index in [2.05, 4.69) is 15.5 Å². The van der Waals surface area contributed by atoms with Crippen molar-refractivity contribution < 1.29 is 9.59 Å². The van der Waals surface area contributed by atoms with Gasteiger partial charge in [0.05, 0.1) is 6.04 Å². The number of hydrogen-bond acceptors (Lipinski definition) is 4. The first-order chi connectivity index (χ1) is 13.6. The number of amides is 2. The van der Waals surface area contributed by atoms with Crippen molar-refractivity contribution in [3.63, 3.8) is 0 Å². The molecule has 0 aliphatic carbocycles. The van der Waals surface area contributed by atoms with E-state index in [1.54, 1.807) is 24.3 Å². The van der Waals surface area contributed by atoms with Crippen molar-refractivity contribution in [1.82, 2.24) is 10.2 Å².